The summed E-state index contributed by atoms with van der Waals surface area (Å²) in [5, 5.41) is 3.14. The minimum atomic E-state index is 0.431. The molecule has 0 saturated heterocycles. The second-order valence-corrected chi connectivity index (χ2v) is 1.78. The predicted octanol–water partition coefficient (Wildman–Crippen LogP) is 0.744. The molecule has 40 valence electrons. The number of nitrogens with zero attached hydrogens (tertiary/aromatic N) is 1. The lowest BCUT2D eigenvalue weighted by molar-refractivity contribution is 0.557. The standard InChI is InChI=1S/C5H10N2/c1-3-5-6-4(2)7-5/h5H,3H2,1-2H3,(H,6,7). The van der Waals surface area contributed by atoms with Gasteiger partial charge in [-0.05, 0) is 13.3 Å². The largest absolute Gasteiger partial charge is 0.352 e. The normalized spacial score (nSPS) is 27.7. The first kappa shape index (κ1) is 4.62. The molecule has 1 heterocycles. The lowest BCUT2D eigenvalue weighted by Crippen LogP contribution is -2.41. The summed E-state index contributed by atoms with van der Waals surface area (Å²) < 4.78 is 0. The van der Waals surface area contributed by atoms with Gasteiger partial charge in [0.25, 0.3) is 0 Å². The van der Waals surface area contributed by atoms with Crippen LogP contribution in [0.15, 0.2) is 4.99 Å². The summed E-state index contributed by atoms with van der Waals surface area (Å²) >= 11 is 0. The van der Waals surface area contributed by atoms with Crippen molar-refractivity contribution in [3.8, 4) is 0 Å². The van der Waals surface area contributed by atoms with E-state index in [4.69, 9.17) is 0 Å². The topological polar surface area (TPSA) is 24.4 Å². The summed E-state index contributed by atoms with van der Waals surface area (Å²) in [7, 11) is 0. The van der Waals surface area contributed by atoms with Crippen molar-refractivity contribution in [2.24, 2.45) is 4.99 Å². The number of nitrogens with one attached hydrogen (secondary N) is 1. The first-order chi connectivity index (χ1) is 3.33. The van der Waals surface area contributed by atoms with E-state index in [9.17, 15) is 0 Å². The van der Waals surface area contributed by atoms with Gasteiger partial charge in [0.2, 0.25) is 0 Å². The zero-order valence-electron chi connectivity index (χ0n) is 4.73. The number of aliphatic imine (C=N–C) groups is 1. The Labute approximate surface area is 43.6 Å². The molecule has 1 rings (SSSR count). The highest BCUT2D eigenvalue weighted by Crippen LogP contribution is 2.00. The van der Waals surface area contributed by atoms with E-state index >= 15 is 0 Å². The van der Waals surface area contributed by atoms with Gasteiger partial charge in [-0.2, -0.15) is 0 Å². The highest BCUT2D eigenvalue weighted by atomic mass is 15.2. The maximum atomic E-state index is 4.15. The van der Waals surface area contributed by atoms with Crippen LogP contribution in [0.5, 0.6) is 0 Å². The summed E-state index contributed by atoms with van der Waals surface area (Å²) in [6.07, 6.45) is 1.54. The third kappa shape index (κ3) is 0.734. The molecule has 2 heteroatoms. The van der Waals surface area contributed by atoms with Crippen LogP contribution in [0.4, 0.5) is 0 Å². The van der Waals surface area contributed by atoms with Crippen molar-refractivity contribution in [3.63, 3.8) is 0 Å². The zero-order valence-corrected chi connectivity index (χ0v) is 4.73. The fourth-order valence-corrected chi connectivity index (χ4v) is 0.672. The van der Waals surface area contributed by atoms with Crippen molar-refractivity contribution < 1.29 is 0 Å². The molecule has 1 aliphatic heterocycles. The quantitative estimate of drug-likeness (QED) is 0.514. The molecular weight excluding hydrogens is 88.1 g/mol. The van der Waals surface area contributed by atoms with E-state index in [-0.39, 0.29) is 0 Å². The Hall–Kier alpha value is -0.530. The molecule has 1 atom stereocenters. The Balaban J connectivity index is 2.31. The van der Waals surface area contributed by atoms with E-state index in [1.807, 2.05) is 6.92 Å². The van der Waals surface area contributed by atoms with Gasteiger partial charge in [0, 0.05) is 0 Å². The third-order valence-electron chi connectivity index (χ3n) is 1.11. The molecule has 7 heavy (non-hydrogen) atoms. The Morgan fingerprint density at radius 2 is 2.43 bits per heavy atom. The van der Waals surface area contributed by atoms with Crippen LogP contribution in [0.25, 0.3) is 0 Å². The van der Waals surface area contributed by atoms with Gasteiger partial charge in [0.1, 0.15) is 6.17 Å². The van der Waals surface area contributed by atoms with Gasteiger partial charge >= 0.3 is 0 Å². The van der Waals surface area contributed by atoms with Crippen LogP contribution in [0.2, 0.25) is 0 Å². The molecule has 0 saturated carbocycles. The number of hydrogen-bond acceptors (Lipinski definition) is 2. The summed E-state index contributed by atoms with van der Waals surface area (Å²) in [4.78, 5) is 4.15. The summed E-state index contributed by atoms with van der Waals surface area (Å²) in [5.74, 6) is 1.08. The molecule has 0 aromatic carbocycles. The van der Waals surface area contributed by atoms with Crippen molar-refractivity contribution >= 4 is 5.84 Å². The smallest absolute Gasteiger partial charge is 0.121 e. The van der Waals surface area contributed by atoms with Gasteiger partial charge in [-0.25, -0.2) is 4.99 Å². The fourth-order valence-electron chi connectivity index (χ4n) is 0.672. The van der Waals surface area contributed by atoms with Gasteiger partial charge in [-0.15, -0.1) is 0 Å². The van der Waals surface area contributed by atoms with E-state index in [0.29, 0.717) is 6.17 Å². The van der Waals surface area contributed by atoms with Crippen molar-refractivity contribution in [2.75, 3.05) is 0 Å². The lowest BCUT2D eigenvalue weighted by Gasteiger charge is -2.22. The highest BCUT2D eigenvalue weighted by molar-refractivity contribution is 5.83. The number of rotatable bonds is 1. The van der Waals surface area contributed by atoms with E-state index in [1.54, 1.807) is 0 Å². The molecular formula is C5H10N2. The van der Waals surface area contributed by atoms with Crippen molar-refractivity contribution in [2.45, 2.75) is 26.4 Å². The Kier molecular flexibility index (Phi) is 1.01. The maximum absolute atomic E-state index is 4.15. The van der Waals surface area contributed by atoms with Gasteiger partial charge in [0.05, 0.1) is 5.84 Å². The van der Waals surface area contributed by atoms with Crippen LogP contribution >= 0.6 is 0 Å². The molecule has 0 aromatic rings. The highest BCUT2D eigenvalue weighted by Gasteiger charge is 2.11. The molecule has 0 bridgehead atoms. The van der Waals surface area contributed by atoms with Crippen molar-refractivity contribution in [3.05, 3.63) is 0 Å². The monoisotopic (exact) mass is 98.1 g/mol. The predicted molar refractivity (Wildman–Crippen MR) is 30.3 cm³/mol. The molecule has 0 amide bonds. The Morgan fingerprint density at radius 3 is 2.57 bits per heavy atom. The van der Waals surface area contributed by atoms with Crippen LogP contribution in [0.1, 0.15) is 20.3 Å². The molecule has 0 fully saturated rings. The van der Waals surface area contributed by atoms with Crippen LogP contribution in [-0.2, 0) is 0 Å². The molecule has 0 aromatic heterocycles. The zero-order chi connectivity index (χ0) is 5.28. The van der Waals surface area contributed by atoms with Crippen molar-refractivity contribution in [1.29, 1.82) is 0 Å². The average Bonchev–Trinajstić information content (AvgIpc) is 1.58. The van der Waals surface area contributed by atoms with Crippen LogP contribution in [0, 0.1) is 0 Å². The minimum absolute atomic E-state index is 0.431. The van der Waals surface area contributed by atoms with E-state index in [2.05, 4.69) is 17.2 Å². The third-order valence-corrected chi connectivity index (χ3v) is 1.11. The first-order valence-corrected chi connectivity index (χ1v) is 2.64. The Morgan fingerprint density at radius 1 is 1.86 bits per heavy atom. The molecule has 1 aliphatic rings. The van der Waals surface area contributed by atoms with Crippen LogP contribution in [0.3, 0.4) is 0 Å². The number of hydrogen-bond donors (Lipinski definition) is 1. The second kappa shape index (κ2) is 1.52. The molecule has 0 spiro atoms. The number of amidine groups is 1. The fraction of sp³-hybridized carbons (Fsp3) is 0.800. The minimum Gasteiger partial charge on any atom is -0.352 e. The van der Waals surface area contributed by atoms with Gasteiger partial charge in [-0.3, -0.25) is 0 Å². The lowest BCUT2D eigenvalue weighted by atomic mass is 10.3. The van der Waals surface area contributed by atoms with Crippen molar-refractivity contribution in [1.82, 2.24) is 5.32 Å². The molecule has 1 N–H and O–H groups in total. The van der Waals surface area contributed by atoms with E-state index < -0.39 is 0 Å². The summed E-state index contributed by atoms with van der Waals surface area (Å²) in [6.45, 7) is 4.10. The molecule has 1 unspecified atom stereocenters. The van der Waals surface area contributed by atoms with Crippen LogP contribution in [-0.4, -0.2) is 12.0 Å². The SMILES string of the molecule is CCC1N=C(C)N1. The van der Waals surface area contributed by atoms with E-state index in [1.165, 1.54) is 0 Å². The molecule has 0 aliphatic carbocycles. The summed E-state index contributed by atoms with van der Waals surface area (Å²) in [6, 6.07) is 0. The average molecular weight is 98.1 g/mol. The van der Waals surface area contributed by atoms with Gasteiger partial charge < -0.3 is 5.32 Å². The maximum Gasteiger partial charge on any atom is 0.121 e. The first-order valence-electron chi connectivity index (χ1n) is 2.64. The molecule has 0 radical (unpaired) electrons. The molecule has 2 nitrogen and oxygen atoms in total. The van der Waals surface area contributed by atoms with E-state index in [0.717, 1.165) is 12.3 Å². The Bertz CT molecular complexity index is 96.3. The second-order valence-electron chi connectivity index (χ2n) is 1.78. The van der Waals surface area contributed by atoms with Gasteiger partial charge in [0.15, 0.2) is 0 Å². The van der Waals surface area contributed by atoms with Gasteiger partial charge in [-0.1, -0.05) is 6.92 Å². The van der Waals surface area contributed by atoms with Crippen LogP contribution < -0.4 is 5.32 Å². The summed E-state index contributed by atoms with van der Waals surface area (Å²) in [5.41, 5.74) is 0.